The van der Waals surface area contributed by atoms with Gasteiger partial charge in [-0.1, -0.05) is 72.3 Å². The third-order valence-corrected chi connectivity index (χ3v) is 14.9. The fraction of sp³-hybridized carbons (Fsp3) is 0.547. The largest absolute Gasteiger partial charge is 0.479 e. The molecule has 1 saturated carbocycles. The highest BCUT2D eigenvalue weighted by Crippen LogP contribution is 2.42. The first-order valence-electron chi connectivity index (χ1n) is 26.3. The van der Waals surface area contributed by atoms with E-state index < -0.39 is 165 Å². The van der Waals surface area contributed by atoms with Crippen LogP contribution in [0.5, 0.6) is 0 Å². The number of esters is 1. The van der Waals surface area contributed by atoms with Crippen LogP contribution in [0.4, 0.5) is 13.2 Å². The zero-order valence-corrected chi connectivity index (χ0v) is 43.5. The van der Waals surface area contributed by atoms with Crippen LogP contribution in [0.1, 0.15) is 62.0 Å². The van der Waals surface area contributed by atoms with Crippen molar-refractivity contribution in [1.82, 2.24) is 30.0 Å². The Morgan fingerprint density at radius 2 is 1.31 bits per heavy atom. The number of carboxylic acids is 1. The highest BCUT2D eigenvalue weighted by Gasteiger charge is 2.55. The molecule has 28 heteroatoms. The van der Waals surface area contributed by atoms with Gasteiger partial charge in [-0.3, -0.25) is 0 Å². The molecular formula is C53H63F3N6O19. The van der Waals surface area contributed by atoms with Crippen molar-refractivity contribution in [2.45, 2.75) is 156 Å². The summed E-state index contributed by atoms with van der Waals surface area (Å²) in [6.07, 6.45) is -24.9. The molecule has 3 aliphatic heterocycles. The van der Waals surface area contributed by atoms with Gasteiger partial charge >= 0.3 is 11.9 Å². The molecule has 5 heterocycles. The second kappa shape index (κ2) is 26.1. The van der Waals surface area contributed by atoms with Crippen LogP contribution in [0.25, 0.3) is 22.5 Å². The van der Waals surface area contributed by atoms with Crippen molar-refractivity contribution in [2.24, 2.45) is 5.92 Å². The molecule has 0 bridgehead atoms. The van der Waals surface area contributed by atoms with Gasteiger partial charge in [-0.15, -0.1) is 10.2 Å². The van der Waals surface area contributed by atoms with Crippen LogP contribution in [0.3, 0.4) is 0 Å². The Morgan fingerprint density at radius 3 is 1.96 bits per heavy atom. The van der Waals surface area contributed by atoms with E-state index in [1.54, 1.807) is 61.7 Å². The number of halogens is 3. The van der Waals surface area contributed by atoms with Gasteiger partial charge in [0.25, 0.3) is 0 Å². The molecule has 20 atom stereocenters. The molecule has 5 aromatic rings. The predicted octanol–water partition coefficient (Wildman–Crippen LogP) is 0.809. The SMILES string of the molecule is CCC[C@H](OC1C(OC(=O)c2ccccc2)[C@H](O[C@@H]2CC(CO[C@H]3OC(CO)[C@@H](O)C(n4cc(-c5cc(F)c(F)c(F)c5)nn4)C3O)CC(n3cc(-c4ccccc4)nn3)C2O[C@@H]2OC(C)[C@@H](O)C(O)C2O)OC(CO)[C@@H]1O)C(=O)O. The number of aliphatic hydroxyl groups is 8. The fourth-order valence-corrected chi connectivity index (χ4v) is 10.5. The smallest absolute Gasteiger partial charge is 0.338 e. The van der Waals surface area contributed by atoms with E-state index in [-0.39, 0.29) is 42.7 Å². The molecule has 12 unspecified atom stereocenters. The van der Waals surface area contributed by atoms with Gasteiger partial charge in [0, 0.05) is 11.1 Å². The van der Waals surface area contributed by atoms with Crippen molar-refractivity contribution in [3.8, 4) is 22.5 Å². The zero-order chi connectivity index (χ0) is 57.8. The van der Waals surface area contributed by atoms with Gasteiger partial charge in [0.15, 0.2) is 48.5 Å². The molecule has 9 N–H and O–H groups in total. The lowest BCUT2D eigenvalue weighted by Crippen LogP contribution is -2.64. The molecular weight excluding hydrogens is 1080 g/mol. The Hall–Kier alpha value is -5.93. The predicted molar refractivity (Wildman–Crippen MR) is 266 cm³/mol. The van der Waals surface area contributed by atoms with E-state index in [1.807, 2.05) is 0 Å². The molecule has 0 spiro atoms. The summed E-state index contributed by atoms with van der Waals surface area (Å²) in [5, 5.41) is 116. The number of carboxylic acid groups (broad SMARTS) is 1. The van der Waals surface area contributed by atoms with Gasteiger partial charge in [0.1, 0.15) is 78.5 Å². The summed E-state index contributed by atoms with van der Waals surface area (Å²) in [5.41, 5.74) is 0.660. The van der Waals surface area contributed by atoms with Crippen molar-refractivity contribution in [2.75, 3.05) is 19.8 Å². The summed E-state index contributed by atoms with van der Waals surface area (Å²) in [6.45, 7) is 1.09. The summed E-state index contributed by atoms with van der Waals surface area (Å²) in [7, 11) is 0. The van der Waals surface area contributed by atoms with Gasteiger partial charge in [-0.25, -0.2) is 32.1 Å². The Balaban J connectivity index is 1.09. The van der Waals surface area contributed by atoms with Crippen LogP contribution in [-0.2, 0) is 42.7 Å². The van der Waals surface area contributed by atoms with Crippen LogP contribution >= 0.6 is 0 Å². The van der Waals surface area contributed by atoms with Crippen molar-refractivity contribution in [1.29, 1.82) is 0 Å². The number of carbonyl (C=O) groups excluding carboxylic acids is 1. The first kappa shape index (κ1) is 59.7. The number of carbonyl (C=O) groups is 2. The van der Waals surface area contributed by atoms with Crippen molar-refractivity contribution >= 4 is 11.9 Å². The van der Waals surface area contributed by atoms with Gasteiger partial charge in [0.2, 0.25) is 0 Å². The summed E-state index contributed by atoms with van der Waals surface area (Å²) in [6, 6.07) is 15.4. The van der Waals surface area contributed by atoms with E-state index in [1.165, 1.54) is 23.7 Å². The Kier molecular flexibility index (Phi) is 19.2. The van der Waals surface area contributed by atoms with Crippen molar-refractivity contribution < 1.29 is 107 Å². The van der Waals surface area contributed by atoms with Crippen molar-refractivity contribution in [3.63, 3.8) is 0 Å². The zero-order valence-electron chi connectivity index (χ0n) is 43.5. The number of benzene rings is 3. The van der Waals surface area contributed by atoms with E-state index in [9.17, 15) is 68.7 Å². The third-order valence-electron chi connectivity index (χ3n) is 14.9. The molecule has 25 nitrogen and oxygen atoms in total. The van der Waals surface area contributed by atoms with Gasteiger partial charge in [-0.2, -0.15) is 0 Å². The molecule has 0 radical (unpaired) electrons. The first-order valence-corrected chi connectivity index (χ1v) is 26.3. The highest BCUT2D eigenvalue weighted by molar-refractivity contribution is 5.89. The van der Waals surface area contributed by atoms with E-state index in [2.05, 4.69) is 20.6 Å². The summed E-state index contributed by atoms with van der Waals surface area (Å²) >= 11 is 0. The van der Waals surface area contributed by atoms with E-state index in [0.29, 0.717) is 29.8 Å². The second-order valence-electron chi connectivity index (χ2n) is 20.3. The molecule has 4 fully saturated rings. The third kappa shape index (κ3) is 13.0. The maximum absolute atomic E-state index is 14.3. The van der Waals surface area contributed by atoms with Crippen LogP contribution in [-0.4, -0.2) is 212 Å². The summed E-state index contributed by atoms with van der Waals surface area (Å²) in [5.74, 6) is -7.88. The minimum Gasteiger partial charge on any atom is -0.479 e. The fourth-order valence-electron chi connectivity index (χ4n) is 10.5. The molecule has 4 aliphatic rings. The van der Waals surface area contributed by atoms with Crippen LogP contribution in [0, 0.1) is 23.4 Å². The number of nitrogens with zero attached hydrogens (tertiary/aromatic N) is 6. The lowest BCUT2D eigenvalue weighted by Gasteiger charge is -2.49. The Labute approximate surface area is 459 Å². The van der Waals surface area contributed by atoms with Crippen molar-refractivity contribution in [3.05, 3.63) is 108 Å². The molecule has 81 heavy (non-hydrogen) atoms. The molecule has 0 amide bonds. The minimum absolute atomic E-state index is 0.0140. The Bertz CT molecular complexity index is 2860. The molecule has 1 aliphatic carbocycles. The first-order chi connectivity index (χ1) is 38.9. The molecule has 440 valence electrons. The number of rotatable bonds is 20. The maximum Gasteiger partial charge on any atom is 0.338 e. The highest BCUT2D eigenvalue weighted by atomic mass is 19.2. The molecule has 3 saturated heterocycles. The maximum atomic E-state index is 14.3. The number of aliphatic carboxylic acids is 1. The number of ether oxygens (including phenoxy) is 8. The summed E-state index contributed by atoms with van der Waals surface area (Å²) < 4.78 is 94.7. The lowest BCUT2D eigenvalue weighted by atomic mass is 9.81. The van der Waals surface area contributed by atoms with Gasteiger partial charge < -0.3 is 83.9 Å². The van der Waals surface area contributed by atoms with Crippen LogP contribution in [0.2, 0.25) is 0 Å². The van der Waals surface area contributed by atoms with Gasteiger partial charge in [-0.05, 0) is 56.4 Å². The molecule has 2 aromatic heterocycles. The topological polar surface area (TPSA) is 351 Å². The number of hydrogen-bond donors (Lipinski definition) is 9. The summed E-state index contributed by atoms with van der Waals surface area (Å²) in [4.78, 5) is 26.6. The quantitative estimate of drug-likeness (QED) is 0.0385. The van der Waals surface area contributed by atoms with E-state index in [0.717, 1.165) is 10.9 Å². The second-order valence-corrected chi connectivity index (χ2v) is 20.3. The monoisotopic (exact) mass is 1140 g/mol. The molecule has 3 aromatic carbocycles. The Morgan fingerprint density at radius 1 is 0.691 bits per heavy atom. The average molecular weight is 1150 g/mol. The standard InChI is InChI=1S/C53H63F3N6O19/c1-3-10-34(49(71)72)76-47-42(67)37(22-64)79-53(48(47)80-50(73)27-13-8-5-9-14-27)77-35-16-25(15-33(61-19-31(57-59-61)26-11-6-4-7-12-26)46(35)81-52-45(70)44(69)40(65)24(2)75-52)23-74-51-43(68)39(41(66)36(21-63)78-51)62-20-32(58-60-62)28-17-29(54)38(56)30(55)18-28/h4-9,11-14,17-20,24-25,33-37,39-48,51-53,63-70H,3,10,15-16,21-23H2,1-2H3,(H,71,72)/t24?,25?,33?,34-,35+,36?,37?,39?,40+,41+,42-,43?,44?,45?,46?,47?,48?,51-,52-,53+/m0/s1. The normalized spacial score (nSPS) is 33.9. The van der Waals surface area contributed by atoms with Crippen LogP contribution in [0.15, 0.2) is 85.2 Å². The van der Waals surface area contributed by atoms with Crippen LogP contribution < -0.4 is 0 Å². The minimum atomic E-state index is -1.87. The van der Waals surface area contributed by atoms with E-state index in [4.69, 9.17) is 37.9 Å². The number of hydrogen-bond acceptors (Lipinski definition) is 22. The van der Waals surface area contributed by atoms with E-state index >= 15 is 0 Å². The average Bonchev–Trinajstić information content (AvgIpc) is 4.39. The molecule has 9 rings (SSSR count). The number of aliphatic hydroxyl groups excluding tert-OH is 8. The van der Waals surface area contributed by atoms with Gasteiger partial charge in [0.05, 0.1) is 56.0 Å². The lowest BCUT2D eigenvalue weighted by molar-refractivity contribution is -0.350. The number of aromatic nitrogens is 6.